The molecule has 1 saturated heterocycles. The Kier molecular flexibility index (Phi) is 5.17. The number of rotatable bonds is 5. The molecule has 8 heteroatoms. The number of hydrogen-bond acceptors (Lipinski definition) is 7. The summed E-state index contributed by atoms with van der Waals surface area (Å²) in [7, 11) is -2.73. The number of carbonyl (C=O) groups excluding carboxylic acids is 1. The number of methoxy groups -OCH3 is 1. The van der Waals surface area contributed by atoms with Crippen LogP contribution in [0.2, 0.25) is 0 Å². The van der Waals surface area contributed by atoms with Crippen LogP contribution in [0, 0.1) is 6.92 Å². The van der Waals surface area contributed by atoms with E-state index in [1.807, 2.05) is 6.92 Å². The first-order valence-electron chi connectivity index (χ1n) is 6.71. The molecule has 1 aliphatic heterocycles. The molecule has 1 aliphatic rings. The van der Waals surface area contributed by atoms with E-state index in [1.54, 1.807) is 12.1 Å². The predicted octanol–water partition coefficient (Wildman–Crippen LogP) is 0.392. The van der Waals surface area contributed by atoms with E-state index in [4.69, 9.17) is 8.92 Å². The molecule has 0 amide bonds. The first-order valence-corrected chi connectivity index (χ1v) is 8.12. The van der Waals surface area contributed by atoms with E-state index >= 15 is 0 Å². The molecule has 2 rings (SSSR count). The van der Waals surface area contributed by atoms with Gasteiger partial charge in [0.05, 0.1) is 24.7 Å². The summed E-state index contributed by atoms with van der Waals surface area (Å²) < 4.78 is 38.7. The molecule has 1 fully saturated rings. The standard InChI is InChI=1S/C14H18O7S/c1-9-3-5-10(6-4-9)22(17,18)20-8-13-11(15)7-12(21-13)14(16)19-2/h3-6,11-13,15H,7-8H2,1-2H3/t11-,12+,13-/m0/s1. The minimum absolute atomic E-state index is 0.0232. The van der Waals surface area contributed by atoms with E-state index < -0.39 is 34.4 Å². The molecule has 0 bridgehead atoms. The fourth-order valence-electron chi connectivity index (χ4n) is 2.09. The highest BCUT2D eigenvalue weighted by atomic mass is 32.2. The second-order valence-corrected chi connectivity index (χ2v) is 6.66. The van der Waals surface area contributed by atoms with E-state index in [9.17, 15) is 18.3 Å². The zero-order chi connectivity index (χ0) is 16.3. The lowest BCUT2D eigenvalue weighted by atomic mass is 10.1. The molecule has 7 nitrogen and oxygen atoms in total. The number of benzene rings is 1. The van der Waals surface area contributed by atoms with Gasteiger partial charge in [-0.3, -0.25) is 4.18 Å². The summed E-state index contributed by atoms with van der Waals surface area (Å²) in [5, 5.41) is 9.80. The normalized spacial score (nSPS) is 25.1. The van der Waals surface area contributed by atoms with Crippen molar-refractivity contribution in [2.75, 3.05) is 13.7 Å². The molecule has 0 unspecified atom stereocenters. The number of aliphatic hydroxyl groups excluding tert-OH is 1. The molecule has 1 aromatic carbocycles. The summed E-state index contributed by atoms with van der Waals surface area (Å²) in [5.74, 6) is -0.608. The Morgan fingerprint density at radius 3 is 2.59 bits per heavy atom. The van der Waals surface area contributed by atoms with Crippen molar-refractivity contribution in [2.24, 2.45) is 0 Å². The molecule has 0 aromatic heterocycles. The van der Waals surface area contributed by atoms with Crippen LogP contribution in [0.4, 0.5) is 0 Å². The van der Waals surface area contributed by atoms with Crippen LogP contribution in [0.3, 0.4) is 0 Å². The lowest BCUT2D eigenvalue weighted by Gasteiger charge is -2.14. The molecule has 0 spiro atoms. The van der Waals surface area contributed by atoms with E-state index in [2.05, 4.69) is 4.74 Å². The number of aryl methyl sites for hydroxylation is 1. The number of esters is 1. The molecule has 0 radical (unpaired) electrons. The largest absolute Gasteiger partial charge is 0.467 e. The molecule has 3 atom stereocenters. The summed E-state index contributed by atoms with van der Waals surface area (Å²) in [6.45, 7) is 1.47. The van der Waals surface area contributed by atoms with Crippen LogP contribution in [-0.2, 0) is 28.6 Å². The highest BCUT2D eigenvalue weighted by molar-refractivity contribution is 7.86. The first-order chi connectivity index (χ1) is 10.3. The smallest absolute Gasteiger partial charge is 0.335 e. The maximum absolute atomic E-state index is 12.0. The Morgan fingerprint density at radius 1 is 1.36 bits per heavy atom. The molecule has 22 heavy (non-hydrogen) atoms. The fraction of sp³-hybridized carbons (Fsp3) is 0.500. The van der Waals surface area contributed by atoms with Gasteiger partial charge in [-0.15, -0.1) is 0 Å². The van der Waals surface area contributed by atoms with Gasteiger partial charge in [0.25, 0.3) is 10.1 Å². The summed E-state index contributed by atoms with van der Waals surface area (Å²) in [4.78, 5) is 11.4. The van der Waals surface area contributed by atoms with Crippen LogP contribution in [0.15, 0.2) is 29.2 Å². The van der Waals surface area contributed by atoms with Crippen LogP contribution in [0.1, 0.15) is 12.0 Å². The van der Waals surface area contributed by atoms with Crippen molar-refractivity contribution in [1.29, 1.82) is 0 Å². The summed E-state index contributed by atoms with van der Waals surface area (Å²) in [5.41, 5.74) is 0.925. The third kappa shape index (κ3) is 3.83. The molecule has 122 valence electrons. The summed E-state index contributed by atoms with van der Waals surface area (Å²) >= 11 is 0. The average Bonchev–Trinajstić information content (AvgIpc) is 2.86. The molecule has 1 heterocycles. The van der Waals surface area contributed by atoms with Gasteiger partial charge in [0.1, 0.15) is 6.10 Å². The molecule has 1 N–H and O–H groups in total. The van der Waals surface area contributed by atoms with E-state index in [0.29, 0.717) is 0 Å². The van der Waals surface area contributed by atoms with Crippen LogP contribution in [-0.4, -0.2) is 51.5 Å². The molecule has 1 aromatic rings. The minimum atomic E-state index is -3.94. The topological polar surface area (TPSA) is 99.1 Å². The lowest BCUT2D eigenvalue weighted by Crippen LogP contribution is -2.28. The predicted molar refractivity (Wildman–Crippen MR) is 75.6 cm³/mol. The molecule has 0 aliphatic carbocycles. The quantitative estimate of drug-likeness (QED) is 0.616. The number of carbonyl (C=O) groups is 1. The zero-order valence-electron chi connectivity index (χ0n) is 12.3. The van der Waals surface area contributed by atoms with E-state index in [0.717, 1.165) is 5.56 Å². The SMILES string of the molecule is COC(=O)[C@H]1C[C@H](O)[C@H](COS(=O)(=O)c2ccc(C)cc2)O1. The van der Waals surface area contributed by atoms with Crippen LogP contribution >= 0.6 is 0 Å². The monoisotopic (exact) mass is 330 g/mol. The zero-order valence-corrected chi connectivity index (χ0v) is 13.1. The van der Waals surface area contributed by atoms with Gasteiger partial charge in [0.15, 0.2) is 6.10 Å². The lowest BCUT2D eigenvalue weighted by molar-refractivity contribution is -0.153. The third-order valence-corrected chi connectivity index (χ3v) is 4.68. The number of aliphatic hydroxyl groups is 1. The van der Waals surface area contributed by atoms with Crippen molar-refractivity contribution >= 4 is 16.1 Å². The van der Waals surface area contributed by atoms with Crippen LogP contribution in [0.25, 0.3) is 0 Å². The van der Waals surface area contributed by atoms with E-state index in [1.165, 1.54) is 19.2 Å². The second-order valence-electron chi connectivity index (χ2n) is 5.04. The fourth-order valence-corrected chi connectivity index (χ4v) is 3.01. The van der Waals surface area contributed by atoms with Crippen molar-refractivity contribution in [3.05, 3.63) is 29.8 Å². The van der Waals surface area contributed by atoms with Gasteiger partial charge in [-0.1, -0.05) is 17.7 Å². The van der Waals surface area contributed by atoms with Gasteiger partial charge < -0.3 is 14.6 Å². The third-order valence-electron chi connectivity index (χ3n) is 3.38. The average molecular weight is 330 g/mol. The van der Waals surface area contributed by atoms with Crippen molar-refractivity contribution in [3.63, 3.8) is 0 Å². The van der Waals surface area contributed by atoms with Gasteiger partial charge in [-0.25, -0.2) is 4.79 Å². The second kappa shape index (κ2) is 6.74. The number of ether oxygens (including phenoxy) is 2. The van der Waals surface area contributed by atoms with Crippen molar-refractivity contribution in [2.45, 2.75) is 36.6 Å². The molecular formula is C14H18O7S. The van der Waals surface area contributed by atoms with E-state index in [-0.39, 0.29) is 17.9 Å². The van der Waals surface area contributed by atoms with Gasteiger partial charge in [0, 0.05) is 6.42 Å². The Bertz CT molecular complexity index is 623. The Morgan fingerprint density at radius 2 is 2.00 bits per heavy atom. The summed E-state index contributed by atoms with van der Waals surface area (Å²) in [6.07, 6.45) is -2.75. The molecular weight excluding hydrogens is 312 g/mol. The Balaban J connectivity index is 1.97. The maximum atomic E-state index is 12.0. The van der Waals surface area contributed by atoms with Crippen molar-refractivity contribution < 1.29 is 32.0 Å². The van der Waals surface area contributed by atoms with Gasteiger partial charge in [-0.2, -0.15) is 8.42 Å². The van der Waals surface area contributed by atoms with Crippen LogP contribution < -0.4 is 0 Å². The summed E-state index contributed by atoms with van der Waals surface area (Å²) in [6, 6.07) is 6.19. The number of hydrogen-bond donors (Lipinski definition) is 1. The highest BCUT2D eigenvalue weighted by Gasteiger charge is 2.39. The van der Waals surface area contributed by atoms with Gasteiger partial charge in [-0.05, 0) is 19.1 Å². The highest BCUT2D eigenvalue weighted by Crippen LogP contribution is 2.23. The minimum Gasteiger partial charge on any atom is -0.467 e. The molecule has 0 saturated carbocycles. The van der Waals surface area contributed by atoms with Gasteiger partial charge >= 0.3 is 5.97 Å². The first kappa shape index (κ1) is 16.9. The van der Waals surface area contributed by atoms with Crippen LogP contribution in [0.5, 0.6) is 0 Å². The maximum Gasteiger partial charge on any atom is 0.335 e. The van der Waals surface area contributed by atoms with Crippen molar-refractivity contribution in [1.82, 2.24) is 0 Å². The van der Waals surface area contributed by atoms with Gasteiger partial charge in [0.2, 0.25) is 0 Å². The van der Waals surface area contributed by atoms with Crippen molar-refractivity contribution in [3.8, 4) is 0 Å². The Labute approximate surface area is 128 Å². The Hall–Kier alpha value is -1.48.